The van der Waals surface area contributed by atoms with Gasteiger partial charge in [-0.15, -0.1) is 0 Å². The highest BCUT2D eigenvalue weighted by Gasteiger charge is 2.11. The Morgan fingerprint density at radius 1 is 1.75 bits per heavy atom. The molecule has 0 aliphatic heterocycles. The second kappa shape index (κ2) is 3.59. The van der Waals surface area contributed by atoms with Crippen LogP contribution in [-0.4, -0.2) is 20.8 Å². The molecule has 1 aromatic rings. The summed E-state index contributed by atoms with van der Waals surface area (Å²) >= 11 is -2.24. The molecule has 1 rings (SSSR count). The van der Waals surface area contributed by atoms with E-state index in [9.17, 15) is 8.60 Å². The molecule has 0 saturated carbocycles. The van der Waals surface area contributed by atoms with E-state index in [-0.39, 0.29) is 5.82 Å². The Labute approximate surface area is 71.5 Å². The van der Waals surface area contributed by atoms with Crippen molar-refractivity contribution in [2.75, 3.05) is 11.4 Å². The zero-order valence-electron chi connectivity index (χ0n) is 6.27. The van der Waals surface area contributed by atoms with Crippen LogP contribution in [0.4, 0.5) is 10.2 Å². The molecular weight excluding hydrogens is 183 g/mol. The van der Waals surface area contributed by atoms with Crippen molar-refractivity contribution in [1.82, 2.24) is 4.98 Å². The van der Waals surface area contributed by atoms with E-state index in [2.05, 4.69) is 4.98 Å². The number of aromatic nitrogens is 1. The average molecular weight is 190 g/mol. The summed E-state index contributed by atoms with van der Waals surface area (Å²) in [5.41, 5.74) is 0. The van der Waals surface area contributed by atoms with E-state index in [0.29, 0.717) is 0 Å². The maximum absolute atomic E-state index is 12.9. The standard InChI is InChI=1S/C6H7FN2O2S/c1-9(12(10)11)6-5(7)3-2-4-8-6/h2-4H,1H3,(H,10,11). The first-order chi connectivity index (χ1) is 5.63. The number of anilines is 1. The molecule has 0 amide bonds. The van der Waals surface area contributed by atoms with Crippen molar-refractivity contribution in [3.63, 3.8) is 0 Å². The summed E-state index contributed by atoms with van der Waals surface area (Å²) in [5.74, 6) is -0.763. The molecule has 1 aromatic heterocycles. The Balaban J connectivity index is 3.02. The van der Waals surface area contributed by atoms with Gasteiger partial charge < -0.3 is 0 Å². The van der Waals surface area contributed by atoms with Gasteiger partial charge in [0.25, 0.3) is 11.3 Å². The van der Waals surface area contributed by atoms with Crippen molar-refractivity contribution in [2.45, 2.75) is 0 Å². The molecule has 1 heterocycles. The summed E-state index contributed by atoms with van der Waals surface area (Å²) in [6.45, 7) is 0. The Kier molecular flexibility index (Phi) is 2.72. The fraction of sp³-hybridized carbons (Fsp3) is 0.167. The van der Waals surface area contributed by atoms with Crippen LogP contribution >= 0.6 is 0 Å². The summed E-state index contributed by atoms with van der Waals surface area (Å²) in [5, 5.41) is 0. The normalized spacial score (nSPS) is 12.6. The van der Waals surface area contributed by atoms with Gasteiger partial charge >= 0.3 is 0 Å². The third-order valence-corrected chi connectivity index (χ3v) is 1.91. The summed E-state index contributed by atoms with van der Waals surface area (Å²) < 4.78 is 32.8. The molecule has 0 fully saturated rings. The monoisotopic (exact) mass is 190 g/mol. The molecule has 0 aromatic carbocycles. The molecule has 4 nitrogen and oxygen atoms in total. The Hall–Kier alpha value is -1.01. The van der Waals surface area contributed by atoms with Crippen molar-refractivity contribution >= 4 is 17.1 Å². The molecule has 0 aliphatic carbocycles. The molecule has 0 radical (unpaired) electrons. The van der Waals surface area contributed by atoms with Crippen LogP contribution in [0.15, 0.2) is 18.3 Å². The number of halogens is 1. The van der Waals surface area contributed by atoms with Gasteiger partial charge in [0.05, 0.1) is 0 Å². The third kappa shape index (κ3) is 1.77. The quantitative estimate of drug-likeness (QED) is 0.701. The van der Waals surface area contributed by atoms with E-state index in [4.69, 9.17) is 4.55 Å². The first-order valence-corrected chi connectivity index (χ1v) is 4.14. The van der Waals surface area contributed by atoms with E-state index < -0.39 is 17.1 Å². The van der Waals surface area contributed by atoms with Crippen LogP contribution in [0.2, 0.25) is 0 Å². The largest absolute Gasteiger partial charge is 0.289 e. The van der Waals surface area contributed by atoms with Gasteiger partial charge in [-0.05, 0) is 12.1 Å². The average Bonchev–Trinajstić information content (AvgIpc) is 2.04. The van der Waals surface area contributed by atoms with Crippen molar-refractivity contribution < 1.29 is 13.2 Å². The molecule has 0 aliphatic rings. The number of nitrogens with zero attached hydrogens (tertiary/aromatic N) is 2. The lowest BCUT2D eigenvalue weighted by atomic mass is 10.4. The highest BCUT2D eigenvalue weighted by molar-refractivity contribution is 7.80. The first kappa shape index (κ1) is 9.08. The second-order valence-corrected chi connectivity index (χ2v) is 3.05. The molecule has 1 atom stereocenters. The van der Waals surface area contributed by atoms with E-state index in [0.717, 1.165) is 4.31 Å². The Morgan fingerprint density at radius 3 is 2.92 bits per heavy atom. The SMILES string of the molecule is CN(c1ncccc1F)S(=O)O. The highest BCUT2D eigenvalue weighted by Crippen LogP contribution is 2.13. The summed E-state index contributed by atoms with van der Waals surface area (Å²) in [7, 11) is 1.28. The molecule has 0 bridgehead atoms. The summed E-state index contributed by atoms with van der Waals surface area (Å²) in [4.78, 5) is 3.60. The molecular formula is C6H7FN2O2S. The molecule has 1 N–H and O–H groups in total. The third-order valence-electron chi connectivity index (χ3n) is 1.27. The second-order valence-electron chi connectivity index (χ2n) is 2.04. The minimum Gasteiger partial charge on any atom is -0.289 e. The van der Waals surface area contributed by atoms with E-state index in [1.54, 1.807) is 0 Å². The predicted molar refractivity (Wildman–Crippen MR) is 43.4 cm³/mol. The topological polar surface area (TPSA) is 53.4 Å². The van der Waals surface area contributed by atoms with Gasteiger partial charge in [-0.2, -0.15) is 0 Å². The minimum atomic E-state index is -2.24. The lowest BCUT2D eigenvalue weighted by Crippen LogP contribution is -2.21. The number of pyridine rings is 1. The van der Waals surface area contributed by atoms with Gasteiger partial charge in [0.1, 0.15) is 0 Å². The number of rotatable bonds is 2. The lowest BCUT2D eigenvalue weighted by Gasteiger charge is -2.11. The zero-order chi connectivity index (χ0) is 9.14. The van der Waals surface area contributed by atoms with Crippen LogP contribution in [0.25, 0.3) is 0 Å². The molecule has 66 valence electrons. The van der Waals surface area contributed by atoms with Crippen LogP contribution in [0, 0.1) is 5.82 Å². The van der Waals surface area contributed by atoms with E-state index in [1.165, 1.54) is 25.4 Å². The van der Waals surface area contributed by atoms with Crippen LogP contribution < -0.4 is 4.31 Å². The van der Waals surface area contributed by atoms with Gasteiger partial charge in [0.2, 0.25) is 0 Å². The first-order valence-electron chi connectivity index (χ1n) is 3.08. The number of hydrogen-bond acceptors (Lipinski definition) is 2. The fourth-order valence-corrected chi connectivity index (χ4v) is 0.965. The van der Waals surface area contributed by atoms with Crippen LogP contribution in [0.3, 0.4) is 0 Å². The van der Waals surface area contributed by atoms with Gasteiger partial charge in [0.15, 0.2) is 11.6 Å². The van der Waals surface area contributed by atoms with Crippen LogP contribution in [-0.2, 0) is 11.3 Å². The van der Waals surface area contributed by atoms with Gasteiger partial charge in [-0.25, -0.2) is 13.6 Å². The van der Waals surface area contributed by atoms with E-state index in [1.807, 2.05) is 0 Å². The number of hydrogen-bond donors (Lipinski definition) is 1. The smallest absolute Gasteiger partial charge is 0.262 e. The summed E-state index contributed by atoms with van der Waals surface area (Å²) in [6.07, 6.45) is 1.35. The molecule has 1 unspecified atom stereocenters. The van der Waals surface area contributed by atoms with Crippen molar-refractivity contribution in [2.24, 2.45) is 0 Å². The van der Waals surface area contributed by atoms with Gasteiger partial charge in [-0.1, -0.05) is 0 Å². The molecule has 0 spiro atoms. The molecule has 6 heteroatoms. The Morgan fingerprint density at radius 2 is 2.42 bits per heavy atom. The predicted octanol–water partition coefficient (Wildman–Crippen LogP) is 0.794. The lowest BCUT2D eigenvalue weighted by molar-refractivity contribution is 0.558. The van der Waals surface area contributed by atoms with Crippen molar-refractivity contribution in [1.29, 1.82) is 0 Å². The van der Waals surface area contributed by atoms with Gasteiger partial charge in [-0.3, -0.25) is 8.86 Å². The maximum Gasteiger partial charge on any atom is 0.262 e. The summed E-state index contributed by atoms with van der Waals surface area (Å²) in [6, 6.07) is 2.58. The van der Waals surface area contributed by atoms with Gasteiger partial charge in [0, 0.05) is 13.2 Å². The molecule has 12 heavy (non-hydrogen) atoms. The van der Waals surface area contributed by atoms with E-state index >= 15 is 0 Å². The zero-order valence-corrected chi connectivity index (χ0v) is 7.08. The minimum absolute atomic E-state index is 0.140. The highest BCUT2D eigenvalue weighted by atomic mass is 32.2. The molecule has 0 saturated heterocycles. The van der Waals surface area contributed by atoms with Crippen LogP contribution in [0.1, 0.15) is 0 Å². The van der Waals surface area contributed by atoms with Crippen molar-refractivity contribution in [3.05, 3.63) is 24.1 Å². The van der Waals surface area contributed by atoms with Crippen molar-refractivity contribution in [3.8, 4) is 0 Å². The Bertz CT molecular complexity index is 307. The maximum atomic E-state index is 12.9. The van der Waals surface area contributed by atoms with Crippen LogP contribution in [0.5, 0.6) is 0 Å². The fourth-order valence-electron chi connectivity index (χ4n) is 0.683.